The fraction of sp³-hybridized carbons (Fsp3) is 0.500. The molecule has 0 N–H and O–H groups in total. The molecule has 146 valence electrons. The van der Waals surface area contributed by atoms with Crippen LogP contribution in [-0.2, 0) is 17.8 Å². The predicted octanol–water partition coefficient (Wildman–Crippen LogP) is 2.50. The number of amides is 1. The average molecular weight is 374 g/mol. The minimum Gasteiger partial charge on any atom is -0.496 e. The quantitative estimate of drug-likeness (QED) is 0.747. The first kappa shape index (κ1) is 19.4. The van der Waals surface area contributed by atoms with Crippen molar-refractivity contribution in [3.05, 3.63) is 47.5 Å². The molecule has 0 bridgehead atoms. The molecule has 0 fully saturated rings. The Morgan fingerprint density at radius 1 is 1.33 bits per heavy atom. The van der Waals surface area contributed by atoms with Gasteiger partial charge < -0.3 is 14.5 Å². The zero-order valence-electron chi connectivity index (χ0n) is 16.2. The van der Waals surface area contributed by atoms with Gasteiger partial charge in [0, 0.05) is 30.9 Å². The summed E-state index contributed by atoms with van der Waals surface area (Å²) in [6, 6.07) is 6.39. The standard InChI is InChI=1S/C20H27FN4O2/c1-4-23(5-2)12-18-14-24(13-17-8-9-22-25(17)18)20(26)10-15-6-7-16(21)11-19(15)27-3/h6-9,11,18H,4-5,10,12-14H2,1-3H3. The summed E-state index contributed by atoms with van der Waals surface area (Å²) in [6.07, 6.45) is 1.98. The van der Waals surface area contributed by atoms with Gasteiger partial charge in [0.15, 0.2) is 0 Å². The number of nitrogens with zero attached hydrogens (tertiary/aromatic N) is 4. The van der Waals surface area contributed by atoms with Crippen molar-refractivity contribution in [1.82, 2.24) is 19.6 Å². The number of carbonyl (C=O) groups is 1. The van der Waals surface area contributed by atoms with E-state index in [0.29, 0.717) is 24.4 Å². The lowest BCUT2D eigenvalue weighted by molar-refractivity contribution is -0.132. The van der Waals surface area contributed by atoms with Gasteiger partial charge in [0.25, 0.3) is 0 Å². The highest BCUT2D eigenvalue weighted by Gasteiger charge is 2.29. The lowest BCUT2D eigenvalue weighted by Crippen LogP contribution is -2.45. The molecular formula is C20H27FN4O2. The Balaban J connectivity index is 1.76. The molecule has 0 saturated heterocycles. The molecule has 7 heteroatoms. The molecule has 0 aliphatic carbocycles. The van der Waals surface area contributed by atoms with Gasteiger partial charge in [-0.3, -0.25) is 9.48 Å². The largest absolute Gasteiger partial charge is 0.496 e. The van der Waals surface area contributed by atoms with Gasteiger partial charge in [-0.1, -0.05) is 19.9 Å². The highest BCUT2D eigenvalue weighted by atomic mass is 19.1. The second kappa shape index (κ2) is 8.52. The van der Waals surface area contributed by atoms with E-state index in [-0.39, 0.29) is 24.2 Å². The molecule has 3 rings (SSSR count). The minimum atomic E-state index is -0.371. The highest BCUT2D eigenvalue weighted by Crippen LogP contribution is 2.24. The minimum absolute atomic E-state index is 0.0110. The highest BCUT2D eigenvalue weighted by molar-refractivity contribution is 5.79. The van der Waals surface area contributed by atoms with Crippen LogP contribution in [0.1, 0.15) is 31.1 Å². The normalized spacial score (nSPS) is 16.5. The van der Waals surface area contributed by atoms with Crippen LogP contribution in [0.15, 0.2) is 30.5 Å². The van der Waals surface area contributed by atoms with Crippen molar-refractivity contribution in [1.29, 1.82) is 0 Å². The maximum absolute atomic E-state index is 13.4. The van der Waals surface area contributed by atoms with Crippen LogP contribution in [0.2, 0.25) is 0 Å². The fourth-order valence-corrected chi connectivity index (χ4v) is 3.63. The Morgan fingerprint density at radius 3 is 2.81 bits per heavy atom. The second-order valence-electron chi connectivity index (χ2n) is 6.81. The van der Waals surface area contributed by atoms with Crippen molar-refractivity contribution in [2.75, 3.05) is 33.3 Å². The zero-order valence-corrected chi connectivity index (χ0v) is 16.2. The zero-order chi connectivity index (χ0) is 19.4. The van der Waals surface area contributed by atoms with Crippen LogP contribution in [0, 0.1) is 5.82 Å². The Hall–Kier alpha value is -2.41. The van der Waals surface area contributed by atoms with Crippen LogP contribution in [0.5, 0.6) is 5.75 Å². The molecule has 0 spiro atoms. The van der Waals surface area contributed by atoms with E-state index < -0.39 is 0 Å². The van der Waals surface area contributed by atoms with Crippen molar-refractivity contribution >= 4 is 5.91 Å². The molecule has 0 saturated carbocycles. The van der Waals surface area contributed by atoms with Gasteiger partial charge in [-0.25, -0.2) is 4.39 Å². The number of methoxy groups -OCH3 is 1. The van der Waals surface area contributed by atoms with Crippen LogP contribution < -0.4 is 4.74 Å². The summed E-state index contributed by atoms with van der Waals surface area (Å²) >= 11 is 0. The first-order chi connectivity index (χ1) is 13.0. The van der Waals surface area contributed by atoms with Crippen LogP contribution in [0.25, 0.3) is 0 Å². The first-order valence-electron chi connectivity index (χ1n) is 9.40. The van der Waals surface area contributed by atoms with E-state index in [1.807, 2.05) is 15.6 Å². The van der Waals surface area contributed by atoms with Crippen LogP contribution in [-0.4, -0.2) is 58.8 Å². The Morgan fingerprint density at radius 2 is 2.11 bits per heavy atom. The number of hydrogen-bond donors (Lipinski definition) is 0. The maximum Gasteiger partial charge on any atom is 0.227 e. The Bertz CT molecular complexity index is 788. The van der Waals surface area contributed by atoms with Crippen LogP contribution in [0.4, 0.5) is 4.39 Å². The molecule has 27 heavy (non-hydrogen) atoms. The summed E-state index contributed by atoms with van der Waals surface area (Å²) in [7, 11) is 1.49. The number of halogens is 1. The number of carbonyl (C=O) groups excluding carboxylic acids is 1. The molecule has 1 aromatic heterocycles. The van der Waals surface area contributed by atoms with E-state index in [4.69, 9.17) is 4.74 Å². The molecule has 1 aliphatic rings. The lowest BCUT2D eigenvalue weighted by atomic mass is 10.1. The molecule has 0 radical (unpaired) electrons. The molecule has 2 heterocycles. The summed E-state index contributed by atoms with van der Waals surface area (Å²) < 4.78 is 20.7. The van der Waals surface area contributed by atoms with Crippen molar-refractivity contribution in [2.45, 2.75) is 32.9 Å². The molecule has 6 nitrogen and oxygen atoms in total. The molecular weight excluding hydrogens is 347 g/mol. The summed E-state index contributed by atoms with van der Waals surface area (Å²) in [5, 5.41) is 4.47. The third-order valence-corrected chi connectivity index (χ3v) is 5.19. The topological polar surface area (TPSA) is 50.6 Å². The van der Waals surface area contributed by atoms with E-state index >= 15 is 0 Å². The van der Waals surface area contributed by atoms with E-state index in [1.54, 1.807) is 12.3 Å². The van der Waals surface area contributed by atoms with E-state index in [0.717, 1.165) is 25.3 Å². The third kappa shape index (κ3) is 4.30. The lowest BCUT2D eigenvalue weighted by Gasteiger charge is -2.36. The molecule has 2 aromatic rings. The SMILES string of the molecule is CCN(CC)CC1CN(C(=O)Cc2ccc(F)cc2OC)Cc2ccnn21. The maximum atomic E-state index is 13.4. The first-order valence-corrected chi connectivity index (χ1v) is 9.40. The molecule has 1 unspecified atom stereocenters. The molecule has 1 amide bonds. The number of aromatic nitrogens is 2. The van der Waals surface area contributed by atoms with Gasteiger partial charge in [0.05, 0.1) is 31.8 Å². The molecule has 1 atom stereocenters. The monoisotopic (exact) mass is 374 g/mol. The van der Waals surface area contributed by atoms with E-state index in [9.17, 15) is 9.18 Å². The molecule has 1 aromatic carbocycles. The van der Waals surface area contributed by atoms with Crippen molar-refractivity contribution < 1.29 is 13.9 Å². The summed E-state index contributed by atoms with van der Waals surface area (Å²) in [6.45, 7) is 8.21. The summed E-state index contributed by atoms with van der Waals surface area (Å²) in [5.41, 5.74) is 1.74. The van der Waals surface area contributed by atoms with Gasteiger partial charge in [0.2, 0.25) is 5.91 Å². The number of fused-ring (bicyclic) bond motifs is 1. The Labute approximate surface area is 159 Å². The Kier molecular flexibility index (Phi) is 6.11. The van der Waals surface area contributed by atoms with Crippen molar-refractivity contribution in [3.63, 3.8) is 0 Å². The van der Waals surface area contributed by atoms with E-state index in [1.165, 1.54) is 19.2 Å². The van der Waals surface area contributed by atoms with Gasteiger partial charge in [-0.05, 0) is 25.2 Å². The molecule has 1 aliphatic heterocycles. The van der Waals surface area contributed by atoms with Crippen molar-refractivity contribution in [3.8, 4) is 5.75 Å². The number of rotatable bonds is 7. The predicted molar refractivity (Wildman–Crippen MR) is 101 cm³/mol. The summed E-state index contributed by atoms with van der Waals surface area (Å²) in [4.78, 5) is 17.2. The number of hydrogen-bond acceptors (Lipinski definition) is 4. The average Bonchev–Trinajstić information content (AvgIpc) is 3.16. The van der Waals surface area contributed by atoms with Gasteiger partial charge in [-0.15, -0.1) is 0 Å². The number of ether oxygens (including phenoxy) is 1. The second-order valence-corrected chi connectivity index (χ2v) is 6.81. The number of benzene rings is 1. The van der Waals surface area contributed by atoms with Gasteiger partial charge in [0.1, 0.15) is 11.6 Å². The van der Waals surface area contributed by atoms with Crippen molar-refractivity contribution in [2.24, 2.45) is 0 Å². The smallest absolute Gasteiger partial charge is 0.227 e. The van der Waals surface area contributed by atoms with Crippen LogP contribution >= 0.6 is 0 Å². The van der Waals surface area contributed by atoms with Gasteiger partial charge >= 0.3 is 0 Å². The number of likely N-dealkylation sites (N-methyl/N-ethyl adjacent to an activating group) is 1. The summed E-state index contributed by atoms with van der Waals surface area (Å²) in [5.74, 6) is 0.0474. The van der Waals surface area contributed by atoms with E-state index in [2.05, 4.69) is 23.8 Å². The van der Waals surface area contributed by atoms with Gasteiger partial charge in [-0.2, -0.15) is 5.10 Å². The third-order valence-electron chi connectivity index (χ3n) is 5.19. The fourth-order valence-electron chi connectivity index (χ4n) is 3.63. The van der Waals surface area contributed by atoms with Crippen LogP contribution in [0.3, 0.4) is 0 Å².